The van der Waals surface area contributed by atoms with E-state index < -0.39 is 6.10 Å². The number of amides is 1. The minimum atomic E-state index is -0.592. The number of carbonyl (C=O) groups is 1. The lowest BCUT2D eigenvalue weighted by Gasteiger charge is -2.31. The molecule has 2 heterocycles. The zero-order valence-corrected chi connectivity index (χ0v) is 12.5. The van der Waals surface area contributed by atoms with Gasteiger partial charge >= 0.3 is 0 Å². The average molecular weight is 286 g/mol. The lowest BCUT2D eigenvalue weighted by Crippen LogP contribution is -2.54. The fourth-order valence-electron chi connectivity index (χ4n) is 2.40. The minimum Gasteiger partial charge on any atom is -0.389 e. The van der Waals surface area contributed by atoms with Gasteiger partial charge in [-0.25, -0.2) is 0 Å². The molecule has 6 heteroatoms. The van der Waals surface area contributed by atoms with Crippen molar-refractivity contribution in [2.75, 3.05) is 26.4 Å². The highest BCUT2D eigenvalue weighted by Crippen LogP contribution is 2.19. The summed E-state index contributed by atoms with van der Waals surface area (Å²) in [4.78, 5) is 11.8. The lowest BCUT2D eigenvalue weighted by atomic mass is 9.92. The molecule has 2 saturated heterocycles. The number of aliphatic hydroxyl groups is 1. The van der Waals surface area contributed by atoms with E-state index in [4.69, 9.17) is 9.47 Å². The number of rotatable bonds is 5. The summed E-state index contributed by atoms with van der Waals surface area (Å²) in [6.45, 7) is 8.27. The SMILES string of the molecule is CC(C)(C)CC(=O)NCC1OCC(NC2COC2)C1O. The molecular formula is C14H26N2O4. The maximum Gasteiger partial charge on any atom is 0.220 e. The highest BCUT2D eigenvalue weighted by molar-refractivity contribution is 5.76. The molecule has 2 fully saturated rings. The molecule has 0 radical (unpaired) electrons. The first-order valence-corrected chi connectivity index (χ1v) is 7.25. The van der Waals surface area contributed by atoms with Crippen molar-refractivity contribution in [3.63, 3.8) is 0 Å². The third-order valence-electron chi connectivity index (χ3n) is 3.56. The van der Waals surface area contributed by atoms with Crippen molar-refractivity contribution in [1.29, 1.82) is 0 Å². The van der Waals surface area contributed by atoms with Gasteiger partial charge in [0, 0.05) is 13.0 Å². The molecule has 3 atom stereocenters. The fraction of sp³-hybridized carbons (Fsp3) is 0.929. The van der Waals surface area contributed by atoms with Crippen LogP contribution >= 0.6 is 0 Å². The molecular weight excluding hydrogens is 260 g/mol. The third-order valence-corrected chi connectivity index (χ3v) is 3.56. The first-order chi connectivity index (χ1) is 9.35. The van der Waals surface area contributed by atoms with Gasteiger partial charge < -0.3 is 25.2 Å². The molecule has 20 heavy (non-hydrogen) atoms. The summed E-state index contributed by atoms with van der Waals surface area (Å²) in [6.07, 6.45) is -0.459. The van der Waals surface area contributed by atoms with Crippen LogP contribution in [-0.4, -0.2) is 61.7 Å². The summed E-state index contributed by atoms with van der Waals surface area (Å²) >= 11 is 0. The van der Waals surface area contributed by atoms with Crippen molar-refractivity contribution in [3.05, 3.63) is 0 Å². The van der Waals surface area contributed by atoms with Crippen molar-refractivity contribution in [1.82, 2.24) is 10.6 Å². The zero-order valence-electron chi connectivity index (χ0n) is 12.5. The van der Waals surface area contributed by atoms with Crippen molar-refractivity contribution in [3.8, 4) is 0 Å². The zero-order chi connectivity index (χ0) is 14.8. The van der Waals surface area contributed by atoms with E-state index in [1.54, 1.807) is 0 Å². The highest BCUT2D eigenvalue weighted by atomic mass is 16.5. The maximum atomic E-state index is 11.8. The molecule has 0 aromatic rings. The molecule has 0 aromatic carbocycles. The smallest absolute Gasteiger partial charge is 0.220 e. The van der Waals surface area contributed by atoms with Crippen LogP contribution in [0.4, 0.5) is 0 Å². The highest BCUT2D eigenvalue weighted by Gasteiger charge is 2.38. The molecule has 0 saturated carbocycles. The quantitative estimate of drug-likeness (QED) is 0.644. The van der Waals surface area contributed by atoms with Gasteiger partial charge in [-0.2, -0.15) is 0 Å². The molecule has 0 bridgehead atoms. The molecule has 6 nitrogen and oxygen atoms in total. The van der Waals surface area contributed by atoms with E-state index in [2.05, 4.69) is 10.6 Å². The lowest BCUT2D eigenvalue weighted by molar-refractivity contribution is -0.123. The van der Waals surface area contributed by atoms with Crippen molar-refractivity contribution < 1.29 is 19.4 Å². The summed E-state index contributed by atoms with van der Waals surface area (Å²) in [7, 11) is 0. The van der Waals surface area contributed by atoms with E-state index in [1.807, 2.05) is 20.8 Å². The first kappa shape index (κ1) is 15.7. The Morgan fingerprint density at radius 1 is 1.30 bits per heavy atom. The van der Waals surface area contributed by atoms with Gasteiger partial charge in [0.05, 0.1) is 38.0 Å². The van der Waals surface area contributed by atoms with E-state index in [-0.39, 0.29) is 23.5 Å². The van der Waals surface area contributed by atoms with E-state index >= 15 is 0 Å². The number of aliphatic hydroxyl groups excluding tert-OH is 1. The second kappa shape index (κ2) is 6.39. The number of ether oxygens (including phenoxy) is 2. The van der Waals surface area contributed by atoms with Crippen LogP contribution in [0.25, 0.3) is 0 Å². The summed E-state index contributed by atoms with van der Waals surface area (Å²) in [5.41, 5.74) is -0.0342. The predicted octanol–water partition coefficient (Wildman–Crippen LogP) is -0.344. The number of hydrogen-bond acceptors (Lipinski definition) is 5. The van der Waals surface area contributed by atoms with Gasteiger partial charge in [-0.1, -0.05) is 20.8 Å². The monoisotopic (exact) mass is 286 g/mol. The van der Waals surface area contributed by atoms with Gasteiger partial charge in [0.1, 0.15) is 6.10 Å². The van der Waals surface area contributed by atoms with Crippen molar-refractivity contribution in [2.24, 2.45) is 5.41 Å². The Labute approximate surface area is 120 Å². The van der Waals surface area contributed by atoms with Crippen LogP contribution in [0.1, 0.15) is 27.2 Å². The first-order valence-electron chi connectivity index (χ1n) is 7.25. The van der Waals surface area contributed by atoms with Gasteiger partial charge in [-0.05, 0) is 5.41 Å². The van der Waals surface area contributed by atoms with E-state index in [0.717, 1.165) is 0 Å². The van der Waals surface area contributed by atoms with Gasteiger partial charge in [-0.3, -0.25) is 4.79 Å². The van der Waals surface area contributed by atoms with Crippen molar-refractivity contribution >= 4 is 5.91 Å². The number of carbonyl (C=O) groups excluding carboxylic acids is 1. The Balaban J connectivity index is 1.69. The van der Waals surface area contributed by atoms with Crippen LogP contribution in [-0.2, 0) is 14.3 Å². The second-order valence-electron chi connectivity index (χ2n) is 6.91. The molecule has 116 valence electrons. The van der Waals surface area contributed by atoms with Crippen molar-refractivity contribution in [2.45, 2.75) is 51.5 Å². The Hall–Kier alpha value is -0.690. The Bertz CT molecular complexity index is 339. The van der Waals surface area contributed by atoms with Crippen LogP contribution in [0.5, 0.6) is 0 Å². The summed E-state index contributed by atoms with van der Waals surface area (Å²) in [5.74, 6) is -0.00268. The molecule has 0 spiro atoms. The standard InChI is InChI=1S/C14H26N2O4/c1-14(2,3)4-12(17)15-5-11-13(18)10(8-20-11)16-9-6-19-7-9/h9-11,13,16,18H,4-8H2,1-3H3,(H,15,17). The Morgan fingerprint density at radius 2 is 2.00 bits per heavy atom. The molecule has 3 unspecified atom stereocenters. The second-order valence-corrected chi connectivity index (χ2v) is 6.91. The molecule has 0 aliphatic carbocycles. The Morgan fingerprint density at radius 3 is 2.55 bits per heavy atom. The number of hydrogen-bond donors (Lipinski definition) is 3. The van der Waals surface area contributed by atoms with Crippen LogP contribution < -0.4 is 10.6 Å². The fourth-order valence-corrected chi connectivity index (χ4v) is 2.40. The van der Waals surface area contributed by atoms with Crippen LogP contribution in [0, 0.1) is 5.41 Å². The third kappa shape index (κ3) is 4.41. The maximum absolute atomic E-state index is 11.8. The van der Waals surface area contributed by atoms with Gasteiger partial charge in [0.2, 0.25) is 5.91 Å². The largest absolute Gasteiger partial charge is 0.389 e. The molecule has 2 aliphatic rings. The van der Waals surface area contributed by atoms with Gasteiger partial charge in [-0.15, -0.1) is 0 Å². The molecule has 0 aromatic heterocycles. The van der Waals surface area contributed by atoms with Crippen LogP contribution in [0.15, 0.2) is 0 Å². The Kier molecular flexibility index (Phi) is 5.01. The predicted molar refractivity (Wildman–Crippen MR) is 74.4 cm³/mol. The van der Waals surface area contributed by atoms with Crippen LogP contribution in [0.2, 0.25) is 0 Å². The average Bonchev–Trinajstić information content (AvgIpc) is 2.60. The molecule has 3 N–H and O–H groups in total. The van der Waals surface area contributed by atoms with E-state index in [9.17, 15) is 9.90 Å². The molecule has 2 rings (SSSR count). The van der Waals surface area contributed by atoms with Crippen LogP contribution in [0.3, 0.4) is 0 Å². The molecule has 2 aliphatic heterocycles. The van der Waals surface area contributed by atoms with E-state index in [1.165, 1.54) is 0 Å². The summed E-state index contributed by atoms with van der Waals surface area (Å²) in [6, 6.07) is 0.237. The van der Waals surface area contributed by atoms with Gasteiger partial charge in [0.15, 0.2) is 0 Å². The summed E-state index contributed by atoms with van der Waals surface area (Å²) < 4.78 is 10.7. The molecule has 1 amide bonds. The normalized spacial score (nSPS) is 31.1. The topological polar surface area (TPSA) is 79.8 Å². The van der Waals surface area contributed by atoms with Gasteiger partial charge in [0.25, 0.3) is 0 Å². The minimum absolute atomic E-state index is 0.00268. The number of nitrogens with one attached hydrogen (secondary N) is 2. The summed E-state index contributed by atoms with van der Waals surface area (Å²) in [5, 5.41) is 16.3. The van der Waals surface area contributed by atoms with E-state index in [0.29, 0.717) is 38.8 Å².